The first-order valence-electron chi connectivity index (χ1n) is 38.8. The number of hydrogen-bond acceptors (Lipinski definition) is 9. The lowest BCUT2D eigenvalue weighted by molar-refractivity contribution is 1.16. The zero-order chi connectivity index (χ0) is 77.5. The van der Waals surface area contributed by atoms with Crippen molar-refractivity contribution in [3.63, 3.8) is 0 Å². The molecule has 12 aromatic heterocycles. The summed E-state index contributed by atoms with van der Waals surface area (Å²) in [7, 11) is 0. The van der Waals surface area contributed by atoms with Crippen molar-refractivity contribution in [3.05, 3.63) is 414 Å². The minimum absolute atomic E-state index is 0.641. The smallest absolute Gasteiger partial charge is 0.159 e. The summed E-state index contributed by atoms with van der Waals surface area (Å²) >= 11 is 0. The minimum Gasteiger partial charge on any atom is -0.323 e. The molecule has 550 valence electrons. The molecule has 11 aromatic carbocycles. The molecule has 0 amide bonds. The minimum atomic E-state index is 0.641. The van der Waals surface area contributed by atoms with Crippen LogP contribution in [-0.4, -0.2) is 67.4 Å². The molecule has 23 rings (SSSR count). The van der Waals surface area contributed by atoms with Gasteiger partial charge < -0.3 is 22.5 Å². The number of rotatable bonds is 12. The van der Waals surface area contributed by atoms with Gasteiger partial charge in [0.15, 0.2) is 17.5 Å². The summed E-state index contributed by atoms with van der Waals surface area (Å²) in [4.78, 5) is 42.5. The number of fused-ring (bicyclic) bond motifs is 11. The predicted molar refractivity (Wildman–Crippen MR) is 473 cm³/mol. The third-order valence-electron chi connectivity index (χ3n) is 21.7. The largest absolute Gasteiger partial charge is 0.323 e. The highest BCUT2D eigenvalue weighted by molar-refractivity contribution is 6.11. The molecule has 12 heterocycles. The van der Waals surface area contributed by atoms with Crippen molar-refractivity contribution >= 4 is 76.6 Å². The predicted octanol–water partition coefficient (Wildman–Crippen LogP) is 24.4. The zero-order valence-corrected chi connectivity index (χ0v) is 63.0. The maximum Gasteiger partial charge on any atom is 0.159 e. The Morgan fingerprint density at radius 2 is 0.581 bits per heavy atom. The SMILES string of the molecule is c1ccc(-c2c(-c3cnc(-c4ccc(-n5c6ccccc6c6ccccc65)cc4)nc3)cn3ccccc23)cc1.c1ccc(-c2cc(-c3ncc(-c4ccc(-n5c6ccccc6c6ccccc65)cc4)cn3)cc(-c3ccccn3)n2)cc1.c1ccc2c(c1)c1ccccc1n2-c1ccc(-c2ncc(-c3cn4ccccc4n3)cn2)cc1. The number of nitrogens with zero attached hydrogens (tertiary/aromatic N) is 14. The molecule has 0 aliphatic rings. The van der Waals surface area contributed by atoms with Gasteiger partial charge in [0.1, 0.15) is 5.65 Å². The topological polar surface area (TPSA) is 140 Å². The number of imidazole rings is 1. The second kappa shape index (κ2) is 29.8. The molecule has 117 heavy (non-hydrogen) atoms. The van der Waals surface area contributed by atoms with E-state index in [4.69, 9.17) is 24.9 Å². The molecular formula is C103H68N14. The van der Waals surface area contributed by atoms with E-state index in [0.717, 1.165) is 101 Å². The Bertz CT molecular complexity index is 7310. The number of hydrogen-bond donors (Lipinski definition) is 0. The molecule has 0 unspecified atom stereocenters. The first-order chi connectivity index (χ1) is 58.0. The summed E-state index contributed by atoms with van der Waals surface area (Å²) in [6, 6.07) is 120. The van der Waals surface area contributed by atoms with Gasteiger partial charge in [-0.15, -0.1) is 0 Å². The van der Waals surface area contributed by atoms with Gasteiger partial charge >= 0.3 is 0 Å². The van der Waals surface area contributed by atoms with Crippen LogP contribution >= 0.6 is 0 Å². The fourth-order valence-corrected chi connectivity index (χ4v) is 16.2. The van der Waals surface area contributed by atoms with Gasteiger partial charge in [0, 0.05) is 168 Å². The standard InChI is InChI=1S/C38H25N5.C36H24N4.C29H19N5/c1-2-10-27(11-3-1)34-22-28(23-35(42-34)33-14-8-9-21-39-33)38-40-24-29(25-41-38)26-17-19-30(20-18-26)43-36-15-6-4-12-31(36)32-13-5-7-16-37(32)43;1-2-10-25(11-3-1)35-31(24-39-21-9-8-16-34(35)39)27-22-37-36(38-23-27)26-17-19-28(20-18-26)40-32-14-6-4-12-29(32)30-13-5-7-15-33(30)40;1-3-9-26-23(7-1)24-8-2-4-10-27(24)34(26)22-14-12-20(13-15-22)29-30-17-21(18-31-29)25-19-33-16-6-5-11-28(33)32-25/h1-25H;1-24H;1-19H. The molecule has 0 bridgehead atoms. The molecule has 0 aliphatic heterocycles. The summed E-state index contributed by atoms with van der Waals surface area (Å²) in [5.41, 5.74) is 27.2. The van der Waals surface area contributed by atoms with Crippen molar-refractivity contribution in [3.8, 4) is 119 Å². The summed E-state index contributed by atoms with van der Waals surface area (Å²) in [6.07, 6.45) is 21.3. The number of benzene rings is 11. The van der Waals surface area contributed by atoms with Crippen LogP contribution in [-0.2, 0) is 0 Å². The molecule has 0 aliphatic carbocycles. The Morgan fingerprint density at radius 1 is 0.205 bits per heavy atom. The molecular weight excluding hydrogens is 1430 g/mol. The van der Waals surface area contributed by atoms with E-state index in [1.807, 2.05) is 133 Å². The highest BCUT2D eigenvalue weighted by Gasteiger charge is 2.20. The maximum absolute atomic E-state index is 4.91. The molecule has 23 aromatic rings. The van der Waals surface area contributed by atoms with E-state index in [0.29, 0.717) is 17.5 Å². The highest BCUT2D eigenvalue weighted by Crippen LogP contribution is 2.40. The third-order valence-corrected chi connectivity index (χ3v) is 21.7. The van der Waals surface area contributed by atoms with Gasteiger partial charge in [-0.05, 0) is 157 Å². The summed E-state index contributed by atoms with van der Waals surface area (Å²) in [5.74, 6) is 2.05. The van der Waals surface area contributed by atoms with Gasteiger partial charge in [-0.3, -0.25) is 4.98 Å². The van der Waals surface area contributed by atoms with Gasteiger partial charge in [-0.1, -0.05) is 200 Å². The van der Waals surface area contributed by atoms with Gasteiger partial charge in [0.05, 0.1) is 61.4 Å². The Kier molecular flexibility index (Phi) is 17.5. The molecule has 0 spiro atoms. The van der Waals surface area contributed by atoms with E-state index in [1.54, 1.807) is 6.20 Å². The molecule has 14 nitrogen and oxygen atoms in total. The Hall–Kier alpha value is -16.2. The fraction of sp³-hybridized carbons (Fsp3) is 0. The molecule has 0 atom stereocenters. The third kappa shape index (κ3) is 12.9. The molecule has 0 saturated heterocycles. The van der Waals surface area contributed by atoms with Crippen LogP contribution in [0.4, 0.5) is 0 Å². The van der Waals surface area contributed by atoms with Gasteiger partial charge in [0.25, 0.3) is 0 Å². The van der Waals surface area contributed by atoms with Crippen molar-refractivity contribution in [2.45, 2.75) is 0 Å². The second-order valence-corrected chi connectivity index (χ2v) is 28.7. The number of aromatic nitrogens is 14. The monoisotopic (exact) mass is 1500 g/mol. The lowest BCUT2D eigenvalue weighted by Gasteiger charge is -2.10. The second-order valence-electron chi connectivity index (χ2n) is 28.7. The average Bonchev–Trinajstić information content (AvgIpc) is 1.60. The molecule has 0 radical (unpaired) electrons. The van der Waals surface area contributed by atoms with E-state index >= 15 is 0 Å². The van der Waals surface area contributed by atoms with Crippen LogP contribution < -0.4 is 0 Å². The van der Waals surface area contributed by atoms with Crippen molar-refractivity contribution in [2.75, 3.05) is 0 Å². The van der Waals surface area contributed by atoms with Crippen LogP contribution in [0.2, 0.25) is 0 Å². The van der Waals surface area contributed by atoms with Crippen LogP contribution in [0.3, 0.4) is 0 Å². The first kappa shape index (κ1) is 68.8. The normalized spacial score (nSPS) is 11.4. The molecule has 0 fully saturated rings. The lowest BCUT2D eigenvalue weighted by atomic mass is 9.99. The van der Waals surface area contributed by atoms with Crippen LogP contribution in [0.15, 0.2) is 414 Å². The van der Waals surface area contributed by atoms with Crippen LogP contribution in [0.5, 0.6) is 0 Å². The quantitative estimate of drug-likeness (QED) is 0.117. The van der Waals surface area contributed by atoms with Gasteiger partial charge in [0.2, 0.25) is 0 Å². The van der Waals surface area contributed by atoms with E-state index in [2.05, 4.69) is 317 Å². The van der Waals surface area contributed by atoms with Crippen molar-refractivity contribution < 1.29 is 0 Å². The Balaban J connectivity index is 0.000000110. The van der Waals surface area contributed by atoms with Gasteiger partial charge in [-0.2, -0.15) is 0 Å². The Morgan fingerprint density at radius 3 is 1.04 bits per heavy atom. The van der Waals surface area contributed by atoms with E-state index in [1.165, 1.54) is 76.5 Å². The van der Waals surface area contributed by atoms with E-state index < -0.39 is 0 Å². The lowest BCUT2D eigenvalue weighted by Crippen LogP contribution is -1.96. The fourth-order valence-electron chi connectivity index (χ4n) is 16.2. The average molecular weight is 1500 g/mol. The summed E-state index contributed by atoms with van der Waals surface area (Å²) < 4.78 is 11.1. The van der Waals surface area contributed by atoms with Crippen LogP contribution in [0, 0.1) is 0 Å². The van der Waals surface area contributed by atoms with Crippen LogP contribution in [0.1, 0.15) is 0 Å². The number of para-hydroxylation sites is 6. The van der Waals surface area contributed by atoms with E-state index in [-0.39, 0.29) is 0 Å². The molecule has 0 N–H and O–H groups in total. The summed E-state index contributed by atoms with van der Waals surface area (Å²) in [6.45, 7) is 0. The van der Waals surface area contributed by atoms with Gasteiger partial charge in [-0.25, -0.2) is 39.9 Å². The van der Waals surface area contributed by atoms with Crippen LogP contribution in [0.25, 0.3) is 195 Å². The van der Waals surface area contributed by atoms with Crippen molar-refractivity contribution in [2.24, 2.45) is 0 Å². The van der Waals surface area contributed by atoms with Crippen molar-refractivity contribution in [1.29, 1.82) is 0 Å². The Labute approximate surface area is 672 Å². The number of pyridine rings is 4. The maximum atomic E-state index is 4.91. The van der Waals surface area contributed by atoms with Crippen molar-refractivity contribution in [1.82, 2.24) is 67.4 Å². The molecule has 14 heteroatoms. The highest BCUT2D eigenvalue weighted by atomic mass is 15.0. The first-order valence-corrected chi connectivity index (χ1v) is 38.8. The summed E-state index contributed by atoms with van der Waals surface area (Å²) in [5, 5.41) is 7.54. The zero-order valence-electron chi connectivity index (χ0n) is 63.0. The van der Waals surface area contributed by atoms with E-state index in [9.17, 15) is 0 Å². The molecule has 0 saturated carbocycles.